The first-order chi connectivity index (χ1) is 9.70. The van der Waals surface area contributed by atoms with E-state index in [1.807, 2.05) is 37.4 Å². The van der Waals surface area contributed by atoms with Crippen molar-refractivity contribution in [2.75, 3.05) is 13.1 Å². The monoisotopic (exact) mass is 272 g/mol. The highest BCUT2D eigenvalue weighted by Gasteiger charge is 2.31. The highest BCUT2D eigenvalue weighted by molar-refractivity contribution is 5.09. The van der Waals surface area contributed by atoms with Gasteiger partial charge in [0.2, 0.25) is 0 Å². The largest absolute Gasteiger partial charge is 0.391 e. The summed E-state index contributed by atoms with van der Waals surface area (Å²) in [4.78, 5) is 6.60. The van der Waals surface area contributed by atoms with Crippen molar-refractivity contribution in [1.82, 2.24) is 20.1 Å². The third kappa shape index (κ3) is 3.05. The van der Waals surface area contributed by atoms with E-state index in [0.717, 1.165) is 36.6 Å². The number of likely N-dealkylation sites (tertiary alicyclic amines) is 1. The second-order valence-electron chi connectivity index (χ2n) is 5.59. The van der Waals surface area contributed by atoms with Crippen molar-refractivity contribution >= 4 is 0 Å². The minimum atomic E-state index is -0.282. The van der Waals surface area contributed by atoms with E-state index in [1.165, 1.54) is 0 Å². The van der Waals surface area contributed by atoms with Crippen molar-refractivity contribution in [3.8, 4) is 0 Å². The molecule has 5 nitrogen and oxygen atoms in total. The quantitative estimate of drug-likeness (QED) is 0.876. The van der Waals surface area contributed by atoms with Crippen LogP contribution in [0.15, 0.2) is 30.5 Å². The standard InChI is InChI=1S/C15H20N4O/c1-11-6-14(18-17-11)7-12-8-19(10-15(12)20)9-13-4-2-3-5-16-13/h2-6,12,15,20H,7-10H2,1H3,(H,17,18)/t12-,15-/m1/s1. The van der Waals surface area contributed by atoms with Gasteiger partial charge in [-0.05, 0) is 31.5 Å². The minimum absolute atomic E-state index is 0.251. The number of hydrogen-bond acceptors (Lipinski definition) is 4. The molecule has 20 heavy (non-hydrogen) atoms. The molecule has 2 atom stereocenters. The van der Waals surface area contributed by atoms with Crippen LogP contribution in [-0.4, -0.2) is 44.4 Å². The highest BCUT2D eigenvalue weighted by atomic mass is 16.3. The molecular formula is C15H20N4O. The van der Waals surface area contributed by atoms with Gasteiger partial charge in [-0.25, -0.2) is 0 Å². The number of hydrogen-bond donors (Lipinski definition) is 2. The van der Waals surface area contributed by atoms with Crippen molar-refractivity contribution in [2.24, 2.45) is 5.92 Å². The van der Waals surface area contributed by atoms with Crippen LogP contribution in [0.3, 0.4) is 0 Å². The molecule has 0 unspecified atom stereocenters. The Morgan fingerprint density at radius 1 is 1.35 bits per heavy atom. The van der Waals surface area contributed by atoms with Crippen molar-refractivity contribution in [3.05, 3.63) is 47.5 Å². The van der Waals surface area contributed by atoms with Gasteiger partial charge in [0.1, 0.15) is 0 Å². The maximum Gasteiger partial charge on any atom is 0.0711 e. The molecule has 0 amide bonds. The van der Waals surface area contributed by atoms with Crippen molar-refractivity contribution in [3.63, 3.8) is 0 Å². The van der Waals surface area contributed by atoms with E-state index < -0.39 is 0 Å². The van der Waals surface area contributed by atoms with Crippen molar-refractivity contribution in [2.45, 2.75) is 26.0 Å². The Balaban J connectivity index is 1.59. The second-order valence-corrected chi connectivity index (χ2v) is 5.59. The molecule has 1 fully saturated rings. The molecule has 1 aliphatic rings. The zero-order valence-electron chi connectivity index (χ0n) is 11.7. The second kappa shape index (κ2) is 5.73. The van der Waals surface area contributed by atoms with E-state index in [0.29, 0.717) is 6.54 Å². The first-order valence-corrected chi connectivity index (χ1v) is 7.02. The fourth-order valence-electron chi connectivity index (χ4n) is 2.84. The van der Waals surface area contributed by atoms with Gasteiger partial charge in [-0.15, -0.1) is 0 Å². The zero-order chi connectivity index (χ0) is 13.9. The molecule has 1 aliphatic heterocycles. The third-order valence-electron chi connectivity index (χ3n) is 3.82. The van der Waals surface area contributed by atoms with Gasteiger partial charge in [-0.2, -0.15) is 5.10 Å². The number of pyridine rings is 1. The number of aryl methyl sites for hydroxylation is 1. The molecule has 3 rings (SSSR count). The van der Waals surface area contributed by atoms with Crippen LogP contribution in [0.2, 0.25) is 0 Å². The van der Waals surface area contributed by atoms with Gasteiger partial charge in [-0.3, -0.25) is 15.0 Å². The summed E-state index contributed by atoms with van der Waals surface area (Å²) >= 11 is 0. The fraction of sp³-hybridized carbons (Fsp3) is 0.467. The van der Waals surface area contributed by atoms with Crippen LogP contribution >= 0.6 is 0 Å². The predicted octanol–water partition coefficient (Wildman–Crippen LogP) is 1.15. The van der Waals surface area contributed by atoms with Crippen LogP contribution in [0.25, 0.3) is 0 Å². The summed E-state index contributed by atoms with van der Waals surface area (Å²) in [6.07, 6.45) is 2.35. The van der Waals surface area contributed by atoms with Gasteiger partial charge in [0.05, 0.1) is 17.5 Å². The lowest BCUT2D eigenvalue weighted by atomic mass is 10.0. The molecule has 0 aromatic carbocycles. The molecule has 2 N–H and O–H groups in total. The van der Waals surface area contributed by atoms with Crippen molar-refractivity contribution in [1.29, 1.82) is 0 Å². The number of aliphatic hydroxyl groups is 1. The number of rotatable bonds is 4. The molecule has 0 radical (unpaired) electrons. The van der Waals surface area contributed by atoms with Crippen molar-refractivity contribution < 1.29 is 5.11 Å². The molecule has 0 spiro atoms. The Hall–Kier alpha value is -1.72. The molecule has 2 aromatic heterocycles. The number of H-pyrrole nitrogens is 1. The van der Waals surface area contributed by atoms with E-state index in [2.05, 4.69) is 20.1 Å². The zero-order valence-corrected chi connectivity index (χ0v) is 11.7. The lowest BCUT2D eigenvalue weighted by Gasteiger charge is -2.14. The lowest BCUT2D eigenvalue weighted by Crippen LogP contribution is -2.21. The average Bonchev–Trinajstić information content (AvgIpc) is 2.98. The fourth-order valence-corrected chi connectivity index (χ4v) is 2.84. The SMILES string of the molecule is Cc1cc(C[C@@H]2CN(Cc3ccccn3)C[C@H]2O)n[nH]1. The summed E-state index contributed by atoms with van der Waals surface area (Å²) in [7, 11) is 0. The number of β-amino-alcohol motifs (C(OH)–C–C–N with tert-alkyl or cyclic N) is 1. The van der Waals surface area contributed by atoms with Crippen LogP contribution in [-0.2, 0) is 13.0 Å². The Morgan fingerprint density at radius 3 is 2.95 bits per heavy atom. The van der Waals surface area contributed by atoms with E-state index >= 15 is 0 Å². The molecule has 2 aromatic rings. The van der Waals surface area contributed by atoms with Crippen LogP contribution in [0, 0.1) is 12.8 Å². The Bertz CT molecular complexity index is 554. The minimum Gasteiger partial charge on any atom is -0.391 e. The predicted molar refractivity (Wildman–Crippen MR) is 76.0 cm³/mol. The summed E-state index contributed by atoms with van der Waals surface area (Å²) in [5, 5.41) is 17.4. The Kier molecular flexibility index (Phi) is 3.80. The summed E-state index contributed by atoms with van der Waals surface area (Å²) in [6, 6.07) is 7.99. The number of nitrogens with one attached hydrogen (secondary N) is 1. The van der Waals surface area contributed by atoms with Gasteiger partial charge in [0.25, 0.3) is 0 Å². The molecule has 3 heterocycles. The molecule has 106 valence electrons. The molecule has 5 heteroatoms. The first-order valence-electron chi connectivity index (χ1n) is 7.02. The van der Waals surface area contributed by atoms with Crippen LogP contribution < -0.4 is 0 Å². The molecule has 0 saturated carbocycles. The summed E-state index contributed by atoms with van der Waals surface area (Å²) in [5.41, 5.74) is 3.15. The number of nitrogens with zero attached hydrogens (tertiary/aromatic N) is 3. The van der Waals surface area contributed by atoms with E-state index in [-0.39, 0.29) is 12.0 Å². The van der Waals surface area contributed by atoms with E-state index in [4.69, 9.17) is 0 Å². The first kappa shape index (κ1) is 13.3. The highest BCUT2D eigenvalue weighted by Crippen LogP contribution is 2.22. The van der Waals surface area contributed by atoms with Gasteiger partial charge in [-0.1, -0.05) is 6.07 Å². The Labute approximate surface area is 118 Å². The third-order valence-corrected chi connectivity index (χ3v) is 3.82. The van der Waals surface area contributed by atoms with E-state index in [1.54, 1.807) is 0 Å². The van der Waals surface area contributed by atoms with Crippen LogP contribution in [0.4, 0.5) is 0 Å². The van der Waals surface area contributed by atoms with Crippen LogP contribution in [0.5, 0.6) is 0 Å². The average molecular weight is 272 g/mol. The van der Waals surface area contributed by atoms with Gasteiger partial charge >= 0.3 is 0 Å². The lowest BCUT2D eigenvalue weighted by molar-refractivity contribution is 0.140. The maximum atomic E-state index is 10.2. The number of aliphatic hydroxyl groups excluding tert-OH is 1. The normalized spacial score (nSPS) is 23.3. The molecular weight excluding hydrogens is 252 g/mol. The van der Waals surface area contributed by atoms with E-state index in [9.17, 15) is 5.11 Å². The van der Waals surface area contributed by atoms with Gasteiger partial charge < -0.3 is 5.11 Å². The van der Waals surface area contributed by atoms with Gasteiger partial charge in [0, 0.05) is 37.4 Å². The topological polar surface area (TPSA) is 65.0 Å². The maximum absolute atomic E-state index is 10.2. The number of aromatic amines is 1. The smallest absolute Gasteiger partial charge is 0.0711 e. The summed E-state index contributed by atoms with van der Waals surface area (Å²) in [6.45, 7) is 4.40. The Morgan fingerprint density at radius 2 is 2.25 bits per heavy atom. The molecule has 1 saturated heterocycles. The number of aromatic nitrogens is 3. The molecule has 0 aliphatic carbocycles. The van der Waals surface area contributed by atoms with Crippen LogP contribution in [0.1, 0.15) is 17.1 Å². The molecule has 0 bridgehead atoms. The van der Waals surface area contributed by atoms with Gasteiger partial charge in [0.15, 0.2) is 0 Å². The summed E-state index contributed by atoms with van der Waals surface area (Å²) in [5.74, 6) is 0.251. The summed E-state index contributed by atoms with van der Waals surface area (Å²) < 4.78 is 0.